The molecule has 0 aromatic carbocycles. The molecular formula is C14H17BrN8O2. The Morgan fingerprint density at radius 1 is 1.16 bits per heavy atom. The van der Waals surface area contributed by atoms with Gasteiger partial charge in [0.05, 0.1) is 4.92 Å². The lowest BCUT2D eigenvalue weighted by Crippen LogP contribution is -2.47. The number of pyridine rings is 1. The van der Waals surface area contributed by atoms with Gasteiger partial charge in [-0.05, 0) is 35.1 Å². The molecule has 132 valence electrons. The molecule has 0 aliphatic carbocycles. The Kier molecular flexibility index (Phi) is 5.36. The third kappa shape index (κ3) is 4.38. The second-order valence-corrected chi connectivity index (χ2v) is 6.48. The number of nitrogens with zero attached hydrogens (tertiary/aromatic N) is 6. The largest absolute Gasteiger partial charge is 0.354 e. The Morgan fingerprint density at radius 2 is 1.88 bits per heavy atom. The lowest BCUT2D eigenvalue weighted by molar-refractivity contribution is -0.383. The van der Waals surface area contributed by atoms with Crippen molar-refractivity contribution < 1.29 is 4.92 Å². The Bertz CT molecular complexity index is 749. The maximum atomic E-state index is 11.6. The van der Waals surface area contributed by atoms with Crippen LogP contribution in [0, 0.1) is 10.1 Å². The third-order valence-electron chi connectivity index (χ3n) is 3.75. The average molecular weight is 409 g/mol. The van der Waals surface area contributed by atoms with E-state index < -0.39 is 4.92 Å². The van der Waals surface area contributed by atoms with Crippen molar-refractivity contribution in [3.8, 4) is 0 Å². The van der Waals surface area contributed by atoms with Gasteiger partial charge in [0.1, 0.15) is 12.1 Å². The van der Waals surface area contributed by atoms with Crippen molar-refractivity contribution >= 4 is 39.1 Å². The molecule has 3 rings (SSSR count). The number of hydrogen-bond donors (Lipinski definition) is 2. The van der Waals surface area contributed by atoms with Crippen LogP contribution in [-0.2, 0) is 0 Å². The number of nitrogens with one attached hydrogen (secondary N) is 2. The molecule has 0 bridgehead atoms. The number of piperazine rings is 1. The van der Waals surface area contributed by atoms with E-state index in [9.17, 15) is 10.1 Å². The molecule has 2 aromatic rings. The van der Waals surface area contributed by atoms with Crippen LogP contribution < -0.4 is 10.7 Å². The zero-order chi connectivity index (χ0) is 17.8. The minimum absolute atomic E-state index is 0.0893. The van der Waals surface area contributed by atoms with Gasteiger partial charge in [-0.2, -0.15) is 0 Å². The first-order valence-electron chi connectivity index (χ1n) is 7.61. The monoisotopic (exact) mass is 408 g/mol. The van der Waals surface area contributed by atoms with Crippen LogP contribution in [0.25, 0.3) is 0 Å². The fourth-order valence-electron chi connectivity index (χ4n) is 2.36. The first-order chi connectivity index (χ1) is 12.0. The van der Waals surface area contributed by atoms with Crippen LogP contribution in [0.2, 0.25) is 0 Å². The van der Waals surface area contributed by atoms with E-state index in [1.807, 2.05) is 12.1 Å². The van der Waals surface area contributed by atoms with Gasteiger partial charge in [0.25, 0.3) is 0 Å². The fraction of sp³-hybridized carbons (Fsp3) is 0.357. The van der Waals surface area contributed by atoms with Crippen molar-refractivity contribution in [2.75, 3.05) is 44.0 Å². The van der Waals surface area contributed by atoms with E-state index in [0.29, 0.717) is 5.82 Å². The zero-order valence-electron chi connectivity index (χ0n) is 13.5. The summed E-state index contributed by atoms with van der Waals surface area (Å²) in [6.45, 7) is 3.24. The molecule has 0 amide bonds. The number of hydrogen-bond acceptors (Lipinski definition) is 9. The highest BCUT2D eigenvalue weighted by Crippen LogP contribution is 2.31. The normalized spacial score (nSPS) is 15.8. The van der Waals surface area contributed by atoms with Crippen molar-refractivity contribution in [3.63, 3.8) is 0 Å². The van der Waals surface area contributed by atoms with Crippen LogP contribution >= 0.6 is 15.9 Å². The van der Waals surface area contributed by atoms with E-state index in [0.717, 1.165) is 30.7 Å². The van der Waals surface area contributed by atoms with Crippen molar-refractivity contribution in [2.45, 2.75) is 0 Å². The highest BCUT2D eigenvalue weighted by molar-refractivity contribution is 9.10. The van der Waals surface area contributed by atoms with E-state index in [1.165, 1.54) is 6.33 Å². The van der Waals surface area contributed by atoms with Gasteiger partial charge in [-0.25, -0.2) is 20.0 Å². The topological polar surface area (TPSA) is 112 Å². The Balaban J connectivity index is 1.83. The van der Waals surface area contributed by atoms with Crippen LogP contribution in [0.5, 0.6) is 0 Å². The van der Waals surface area contributed by atoms with Gasteiger partial charge in [0, 0.05) is 36.8 Å². The number of rotatable bonds is 5. The summed E-state index contributed by atoms with van der Waals surface area (Å²) in [4.78, 5) is 25.5. The predicted octanol–water partition coefficient (Wildman–Crippen LogP) is 1.86. The second kappa shape index (κ2) is 7.68. The molecule has 2 N–H and O–H groups in total. The van der Waals surface area contributed by atoms with E-state index in [-0.39, 0.29) is 17.3 Å². The molecular weight excluding hydrogens is 392 g/mol. The molecule has 11 heteroatoms. The number of hydrazine groups is 1. The van der Waals surface area contributed by atoms with Gasteiger partial charge in [0.2, 0.25) is 11.6 Å². The maximum Gasteiger partial charge on any atom is 0.354 e. The zero-order valence-corrected chi connectivity index (χ0v) is 15.1. The molecule has 0 unspecified atom stereocenters. The molecule has 0 atom stereocenters. The molecule has 0 radical (unpaired) electrons. The van der Waals surface area contributed by atoms with Crippen LogP contribution in [0.4, 0.5) is 23.1 Å². The first kappa shape index (κ1) is 17.5. The SMILES string of the molecule is CN1CCN(Nc2ncnc(Nc3ccc(Br)cn3)c2[N+](=O)[O-])CC1. The van der Waals surface area contributed by atoms with Gasteiger partial charge >= 0.3 is 5.69 Å². The maximum absolute atomic E-state index is 11.6. The van der Waals surface area contributed by atoms with Gasteiger partial charge < -0.3 is 10.2 Å². The molecule has 1 saturated heterocycles. The summed E-state index contributed by atoms with van der Waals surface area (Å²) in [5.74, 6) is 0.700. The summed E-state index contributed by atoms with van der Waals surface area (Å²) in [6.07, 6.45) is 2.88. The van der Waals surface area contributed by atoms with E-state index in [1.54, 1.807) is 18.3 Å². The van der Waals surface area contributed by atoms with E-state index in [4.69, 9.17) is 0 Å². The van der Waals surface area contributed by atoms with Crippen molar-refractivity contribution in [2.24, 2.45) is 0 Å². The number of aromatic nitrogens is 3. The van der Waals surface area contributed by atoms with Crippen molar-refractivity contribution in [3.05, 3.63) is 39.2 Å². The lowest BCUT2D eigenvalue weighted by atomic mass is 10.4. The molecule has 10 nitrogen and oxygen atoms in total. The predicted molar refractivity (Wildman–Crippen MR) is 96.6 cm³/mol. The van der Waals surface area contributed by atoms with Gasteiger partial charge in [-0.15, -0.1) is 0 Å². The minimum atomic E-state index is -0.500. The Labute approximate surface area is 152 Å². The molecule has 3 heterocycles. The summed E-state index contributed by atoms with van der Waals surface area (Å²) < 4.78 is 0.813. The van der Waals surface area contributed by atoms with Crippen LogP contribution in [0.3, 0.4) is 0 Å². The molecule has 0 spiro atoms. The number of anilines is 3. The second-order valence-electron chi connectivity index (χ2n) is 5.57. The number of likely N-dealkylation sites (N-methyl/N-ethyl adjacent to an activating group) is 1. The van der Waals surface area contributed by atoms with Gasteiger partial charge in [-0.3, -0.25) is 15.5 Å². The van der Waals surface area contributed by atoms with E-state index in [2.05, 4.69) is 46.5 Å². The summed E-state index contributed by atoms with van der Waals surface area (Å²) in [7, 11) is 2.04. The number of halogens is 1. The molecule has 1 fully saturated rings. The van der Waals surface area contributed by atoms with Crippen LogP contribution in [0.15, 0.2) is 29.1 Å². The Hall–Kier alpha value is -2.37. The lowest BCUT2D eigenvalue weighted by Gasteiger charge is -2.32. The van der Waals surface area contributed by atoms with Crippen LogP contribution in [0.1, 0.15) is 0 Å². The van der Waals surface area contributed by atoms with E-state index >= 15 is 0 Å². The molecule has 1 aliphatic rings. The van der Waals surface area contributed by atoms with Crippen molar-refractivity contribution in [1.29, 1.82) is 0 Å². The summed E-state index contributed by atoms with van der Waals surface area (Å²) in [5.41, 5.74) is 2.82. The quantitative estimate of drug-likeness (QED) is 0.564. The summed E-state index contributed by atoms with van der Waals surface area (Å²) in [6, 6.07) is 3.48. The number of nitro groups is 1. The average Bonchev–Trinajstić information content (AvgIpc) is 2.59. The van der Waals surface area contributed by atoms with Crippen molar-refractivity contribution in [1.82, 2.24) is 24.9 Å². The Morgan fingerprint density at radius 3 is 2.52 bits per heavy atom. The molecule has 25 heavy (non-hydrogen) atoms. The highest BCUT2D eigenvalue weighted by atomic mass is 79.9. The first-order valence-corrected chi connectivity index (χ1v) is 8.40. The minimum Gasteiger partial charge on any atom is -0.319 e. The van der Waals surface area contributed by atoms with Crippen LogP contribution in [-0.4, -0.2) is 63.0 Å². The molecule has 0 saturated carbocycles. The standard InChI is InChI=1S/C14H17BrN8O2/c1-21-4-6-22(7-5-21)20-14-12(23(24)25)13(17-9-18-14)19-11-3-2-10(15)8-16-11/h2-3,8-9H,4-7H2,1H3,(H2,16,17,18,19,20). The fourth-order valence-corrected chi connectivity index (χ4v) is 2.60. The summed E-state index contributed by atoms with van der Waals surface area (Å²) >= 11 is 3.30. The summed E-state index contributed by atoms with van der Waals surface area (Å²) in [5, 5.41) is 16.4. The molecule has 1 aliphatic heterocycles. The molecule has 2 aromatic heterocycles. The third-order valence-corrected chi connectivity index (χ3v) is 4.22. The smallest absolute Gasteiger partial charge is 0.319 e. The van der Waals surface area contributed by atoms with Gasteiger partial charge in [0.15, 0.2) is 0 Å². The van der Waals surface area contributed by atoms with Gasteiger partial charge in [-0.1, -0.05) is 0 Å². The highest BCUT2D eigenvalue weighted by Gasteiger charge is 2.25.